The van der Waals surface area contributed by atoms with Crippen LogP contribution in [0.4, 0.5) is 0 Å². The van der Waals surface area contributed by atoms with Gasteiger partial charge in [-0.15, -0.1) is 0 Å². The van der Waals surface area contributed by atoms with Crippen LogP contribution in [-0.2, 0) is 22.6 Å². The van der Waals surface area contributed by atoms with Crippen LogP contribution in [0, 0.1) is 0 Å². The standard InChI is InChI=1S/C25H21ClN2O3/c26-20-11-9-19(10-12-20)23-22(21(29)13-8-17-5-2-1-3-6-17)24(30)25(31)28(23)16-18-7-4-14-27-15-18/h1-7,9-12,14-15,23,30H,8,13,16H2. The molecule has 5 nitrogen and oxygen atoms in total. The van der Waals surface area contributed by atoms with Crippen molar-refractivity contribution in [2.45, 2.75) is 25.4 Å². The number of nitrogens with zero attached hydrogens (tertiary/aromatic N) is 2. The Morgan fingerprint density at radius 1 is 1.00 bits per heavy atom. The highest BCUT2D eigenvalue weighted by Gasteiger charge is 2.43. The summed E-state index contributed by atoms with van der Waals surface area (Å²) in [5.41, 5.74) is 2.68. The van der Waals surface area contributed by atoms with Gasteiger partial charge in [0, 0.05) is 30.4 Å². The highest BCUT2D eigenvalue weighted by molar-refractivity contribution is 6.30. The first-order chi connectivity index (χ1) is 15.0. The number of aliphatic hydroxyl groups is 1. The molecule has 1 unspecified atom stereocenters. The minimum absolute atomic E-state index is 0.132. The lowest BCUT2D eigenvalue weighted by molar-refractivity contribution is -0.130. The number of carbonyl (C=O) groups is 2. The van der Waals surface area contributed by atoms with Crippen molar-refractivity contribution in [2.75, 3.05) is 0 Å². The molecule has 6 heteroatoms. The molecular formula is C25H21ClN2O3. The Kier molecular flexibility index (Phi) is 6.14. The lowest BCUT2D eigenvalue weighted by Crippen LogP contribution is -2.30. The molecule has 1 aromatic heterocycles. The van der Waals surface area contributed by atoms with E-state index in [-0.39, 0.29) is 24.3 Å². The van der Waals surface area contributed by atoms with Crippen molar-refractivity contribution in [3.63, 3.8) is 0 Å². The van der Waals surface area contributed by atoms with Gasteiger partial charge in [-0.1, -0.05) is 60.1 Å². The highest BCUT2D eigenvalue weighted by Crippen LogP contribution is 2.39. The van der Waals surface area contributed by atoms with Gasteiger partial charge >= 0.3 is 0 Å². The molecule has 1 aliphatic rings. The molecule has 0 spiro atoms. The van der Waals surface area contributed by atoms with E-state index < -0.39 is 17.7 Å². The van der Waals surface area contributed by atoms with Crippen molar-refractivity contribution >= 4 is 23.3 Å². The van der Waals surface area contributed by atoms with Crippen molar-refractivity contribution in [3.05, 3.63) is 112 Å². The Hall–Kier alpha value is -3.44. The molecule has 0 bridgehead atoms. The van der Waals surface area contributed by atoms with E-state index in [9.17, 15) is 14.7 Å². The lowest BCUT2D eigenvalue weighted by Gasteiger charge is -2.27. The third-order valence-electron chi connectivity index (χ3n) is 5.35. The fourth-order valence-corrected chi connectivity index (χ4v) is 3.94. The van der Waals surface area contributed by atoms with E-state index in [0.717, 1.165) is 11.1 Å². The second-order valence-corrected chi connectivity index (χ2v) is 7.86. The second kappa shape index (κ2) is 9.14. The monoisotopic (exact) mass is 432 g/mol. The summed E-state index contributed by atoms with van der Waals surface area (Å²) in [6, 6.07) is 19.6. The van der Waals surface area contributed by atoms with Gasteiger partial charge in [-0.3, -0.25) is 14.6 Å². The number of aliphatic hydroxyl groups excluding tert-OH is 1. The van der Waals surface area contributed by atoms with Crippen molar-refractivity contribution < 1.29 is 14.7 Å². The molecule has 0 aliphatic carbocycles. The molecule has 2 heterocycles. The summed E-state index contributed by atoms with van der Waals surface area (Å²) < 4.78 is 0. The quantitative estimate of drug-likeness (QED) is 0.580. The smallest absolute Gasteiger partial charge is 0.290 e. The molecular weight excluding hydrogens is 412 g/mol. The Bertz CT molecular complexity index is 1110. The van der Waals surface area contributed by atoms with Gasteiger partial charge in [-0.05, 0) is 41.3 Å². The van der Waals surface area contributed by atoms with E-state index in [2.05, 4.69) is 4.98 Å². The molecule has 0 saturated carbocycles. The number of pyridine rings is 1. The lowest BCUT2D eigenvalue weighted by atomic mass is 9.93. The zero-order chi connectivity index (χ0) is 21.8. The molecule has 1 amide bonds. The maximum Gasteiger partial charge on any atom is 0.290 e. The predicted octanol–water partition coefficient (Wildman–Crippen LogP) is 4.83. The number of amides is 1. The zero-order valence-corrected chi connectivity index (χ0v) is 17.5. The molecule has 1 atom stereocenters. The number of halogens is 1. The van der Waals surface area contributed by atoms with Crippen LogP contribution in [0.2, 0.25) is 5.02 Å². The summed E-state index contributed by atoms with van der Waals surface area (Å²) >= 11 is 6.04. The molecule has 1 N–H and O–H groups in total. The van der Waals surface area contributed by atoms with Gasteiger partial charge in [-0.25, -0.2) is 0 Å². The normalized spacial score (nSPS) is 16.1. The van der Waals surface area contributed by atoms with Crippen LogP contribution in [0.1, 0.15) is 29.2 Å². The highest BCUT2D eigenvalue weighted by atomic mass is 35.5. The van der Waals surface area contributed by atoms with Gasteiger partial charge in [0.2, 0.25) is 0 Å². The largest absolute Gasteiger partial charge is 0.503 e. The molecule has 31 heavy (non-hydrogen) atoms. The number of hydrogen-bond acceptors (Lipinski definition) is 4. The van der Waals surface area contributed by atoms with Gasteiger partial charge in [-0.2, -0.15) is 0 Å². The zero-order valence-electron chi connectivity index (χ0n) is 16.7. The molecule has 2 aromatic carbocycles. The molecule has 4 rings (SSSR count). The molecule has 3 aromatic rings. The van der Waals surface area contributed by atoms with Crippen LogP contribution < -0.4 is 0 Å². The number of rotatable bonds is 7. The average Bonchev–Trinajstić information content (AvgIpc) is 3.04. The van der Waals surface area contributed by atoms with Crippen LogP contribution in [0.25, 0.3) is 0 Å². The third kappa shape index (κ3) is 4.52. The number of benzene rings is 2. The van der Waals surface area contributed by atoms with Crippen LogP contribution in [-0.4, -0.2) is 26.7 Å². The number of ketones is 1. The van der Waals surface area contributed by atoms with E-state index >= 15 is 0 Å². The first-order valence-electron chi connectivity index (χ1n) is 10.00. The van der Waals surface area contributed by atoms with Gasteiger partial charge < -0.3 is 10.0 Å². The Morgan fingerprint density at radius 2 is 1.71 bits per heavy atom. The van der Waals surface area contributed by atoms with Gasteiger partial charge in [0.25, 0.3) is 5.91 Å². The summed E-state index contributed by atoms with van der Waals surface area (Å²) in [7, 11) is 0. The maximum atomic E-state index is 13.2. The van der Waals surface area contributed by atoms with E-state index in [4.69, 9.17) is 11.6 Å². The molecule has 0 saturated heterocycles. The average molecular weight is 433 g/mol. The van der Waals surface area contributed by atoms with Crippen molar-refractivity contribution in [1.29, 1.82) is 0 Å². The SMILES string of the molecule is O=C(CCc1ccccc1)C1=C(O)C(=O)N(Cc2cccnc2)C1c1ccc(Cl)cc1. The summed E-state index contributed by atoms with van der Waals surface area (Å²) in [6.07, 6.45) is 4.04. The number of aromatic nitrogens is 1. The van der Waals surface area contributed by atoms with E-state index in [1.165, 1.54) is 4.90 Å². The topological polar surface area (TPSA) is 70.5 Å². The first kappa shape index (κ1) is 20.8. The third-order valence-corrected chi connectivity index (χ3v) is 5.60. The summed E-state index contributed by atoms with van der Waals surface area (Å²) in [6.45, 7) is 0.222. The molecule has 0 fully saturated rings. The van der Waals surface area contributed by atoms with E-state index in [0.29, 0.717) is 17.0 Å². The maximum absolute atomic E-state index is 13.2. The fraction of sp³-hybridized carbons (Fsp3) is 0.160. The van der Waals surface area contributed by atoms with Crippen LogP contribution in [0.5, 0.6) is 0 Å². The number of aryl methyl sites for hydroxylation is 1. The molecule has 156 valence electrons. The van der Waals surface area contributed by atoms with E-state index in [1.54, 1.807) is 42.7 Å². The van der Waals surface area contributed by atoms with Crippen molar-refractivity contribution in [3.8, 4) is 0 Å². The number of hydrogen-bond donors (Lipinski definition) is 1. The van der Waals surface area contributed by atoms with Crippen molar-refractivity contribution in [1.82, 2.24) is 9.88 Å². The molecule has 1 aliphatic heterocycles. The Labute approximate surface area is 185 Å². The fourth-order valence-electron chi connectivity index (χ4n) is 3.82. The van der Waals surface area contributed by atoms with Gasteiger partial charge in [0.15, 0.2) is 11.5 Å². The number of Topliss-reactive ketones (excluding diaryl/α,β-unsaturated/α-hetero) is 1. The summed E-state index contributed by atoms with van der Waals surface area (Å²) in [5.74, 6) is -1.29. The van der Waals surface area contributed by atoms with Crippen LogP contribution >= 0.6 is 11.6 Å². The van der Waals surface area contributed by atoms with Crippen LogP contribution in [0.15, 0.2) is 90.5 Å². The second-order valence-electron chi connectivity index (χ2n) is 7.42. The minimum atomic E-state index is -0.687. The Morgan fingerprint density at radius 3 is 2.39 bits per heavy atom. The van der Waals surface area contributed by atoms with Gasteiger partial charge in [0.1, 0.15) is 0 Å². The summed E-state index contributed by atoms with van der Waals surface area (Å²) in [4.78, 5) is 31.8. The first-order valence-corrected chi connectivity index (χ1v) is 10.4. The minimum Gasteiger partial charge on any atom is -0.503 e. The van der Waals surface area contributed by atoms with E-state index in [1.807, 2.05) is 36.4 Å². The number of carbonyl (C=O) groups excluding carboxylic acids is 2. The Balaban J connectivity index is 1.66. The van der Waals surface area contributed by atoms with Gasteiger partial charge in [0.05, 0.1) is 11.6 Å². The van der Waals surface area contributed by atoms with Crippen LogP contribution in [0.3, 0.4) is 0 Å². The predicted molar refractivity (Wildman–Crippen MR) is 118 cm³/mol. The summed E-state index contributed by atoms with van der Waals surface area (Å²) in [5, 5.41) is 11.2. The molecule has 0 radical (unpaired) electrons. The van der Waals surface area contributed by atoms with Crippen molar-refractivity contribution in [2.24, 2.45) is 0 Å².